The van der Waals surface area contributed by atoms with Gasteiger partial charge < -0.3 is 64.2 Å². The van der Waals surface area contributed by atoms with Gasteiger partial charge in [0.1, 0.15) is 54.9 Å². The highest BCUT2D eigenvalue weighted by atomic mass is 16.7. The average molecular weight is 1000 g/mol. The van der Waals surface area contributed by atoms with Crippen LogP contribution in [0.5, 0.6) is 0 Å². The molecule has 0 radical (unpaired) electrons. The number of rotatable bonds is 47. The number of hydrogen-bond acceptors (Lipinski definition) is 14. The first-order chi connectivity index (χ1) is 34.1. The molecular formula is C56H106O14. The van der Waals surface area contributed by atoms with E-state index in [4.69, 9.17) is 28.4 Å². The number of esters is 1. The summed E-state index contributed by atoms with van der Waals surface area (Å²) in [6.07, 6.45) is 31.6. The van der Waals surface area contributed by atoms with Gasteiger partial charge in [-0.3, -0.25) is 4.79 Å². The van der Waals surface area contributed by atoms with Crippen molar-refractivity contribution in [2.75, 3.05) is 33.0 Å². The van der Waals surface area contributed by atoms with Gasteiger partial charge in [-0.15, -0.1) is 0 Å². The molecule has 70 heavy (non-hydrogen) atoms. The summed E-state index contributed by atoms with van der Waals surface area (Å²) in [7, 11) is 0. The van der Waals surface area contributed by atoms with Gasteiger partial charge in [-0.25, -0.2) is 0 Å². The number of aliphatic hydroxyl groups excluding tert-OH is 7. The SMILES string of the molecule is CCCC/C=C\CCCCCCCC(=O)OC(COCCCCCCCCCCCCCCCCCCCCCCCCCCC)COC1OC(COC2OC(CO)C(O)C(O)C2O)C(O)C(O)C1O. The van der Waals surface area contributed by atoms with E-state index in [2.05, 4.69) is 26.0 Å². The summed E-state index contributed by atoms with van der Waals surface area (Å²) in [5.41, 5.74) is 0. The molecule has 0 aromatic heterocycles. The zero-order chi connectivity index (χ0) is 50.9. The van der Waals surface area contributed by atoms with E-state index in [9.17, 15) is 40.5 Å². The van der Waals surface area contributed by atoms with E-state index in [1.54, 1.807) is 0 Å². The molecule has 0 amide bonds. The van der Waals surface area contributed by atoms with Crippen molar-refractivity contribution >= 4 is 5.97 Å². The maximum Gasteiger partial charge on any atom is 0.306 e. The van der Waals surface area contributed by atoms with Crippen molar-refractivity contribution < 1.29 is 69.0 Å². The smallest absolute Gasteiger partial charge is 0.306 e. The lowest BCUT2D eigenvalue weighted by Crippen LogP contribution is -2.61. The molecular weight excluding hydrogens is 897 g/mol. The molecule has 14 heteroatoms. The van der Waals surface area contributed by atoms with Gasteiger partial charge in [0.05, 0.1) is 26.4 Å². The number of aliphatic hydroxyl groups is 7. The van der Waals surface area contributed by atoms with Crippen molar-refractivity contribution in [2.45, 2.75) is 306 Å². The van der Waals surface area contributed by atoms with Crippen LogP contribution in [0, 0.1) is 0 Å². The van der Waals surface area contributed by atoms with E-state index >= 15 is 0 Å². The van der Waals surface area contributed by atoms with Crippen molar-refractivity contribution in [3.05, 3.63) is 12.2 Å². The fraction of sp³-hybridized carbons (Fsp3) is 0.946. The van der Waals surface area contributed by atoms with Crippen molar-refractivity contribution in [1.29, 1.82) is 0 Å². The number of ether oxygens (including phenoxy) is 6. The van der Waals surface area contributed by atoms with Crippen LogP contribution in [0.4, 0.5) is 0 Å². The van der Waals surface area contributed by atoms with Crippen molar-refractivity contribution in [3.8, 4) is 0 Å². The molecule has 2 rings (SSSR count). The van der Waals surface area contributed by atoms with Gasteiger partial charge >= 0.3 is 5.97 Å². The third-order valence-corrected chi connectivity index (χ3v) is 14.0. The summed E-state index contributed by atoms with van der Waals surface area (Å²) in [4.78, 5) is 13.0. The topological polar surface area (TPSA) is 214 Å². The van der Waals surface area contributed by atoms with Crippen LogP contribution in [0.2, 0.25) is 0 Å². The average Bonchev–Trinajstić information content (AvgIpc) is 3.36. The minimum atomic E-state index is -1.70. The number of unbranched alkanes of at least 4 members (excludes halogenated alkanes) is 31. The maximum atomic E-state index is 13.0. The third-order valence-electron chi connectivity index (χ3n) is 14.0. The first-order valence-electron chi connectivity index (χ1n) is 28.8. The molecule has 0 aromatic carbocycles. The fourth-order valence-corrected chi connectivity index (χ4v) is 9.33. The fourth-order valence-electron chi connectivity index (χ4n) is 9.33. The molecule has 2 heterocycles. The molecule has 2 aliphatic heterocycles. The van der Waals surface area contributed by atoms with Gasteiger partial charge in [-0.1, -0.05) is 212 Å². The molecule has 11 unspecified atom stereocenters. The Balaban J connectivity index is 1.65. The van der Waals surface area contributed by atoms with Gasteiger partial charge in [0.2, 0.25) is 0 Å². The van der Waals surface area contributed by atoms with Crippen LogP contribution >= 0.6 is 0 Å². The summed E-state index contributed by atoms with van der Waals surface area (Å²) < 4.78 is 34.3. The maximum absolute atomic E-state index is 13.0. The van der Waals surface area contributed by atoms with Crippen LogP contribution in [0.25, 0.3) is 0 Å². The van der Waals surface area contributed by atoms with E-state index in [0.29, 0.717) is 13.0 Å². The molecule has 2 aliphatic rings. The zero-order valence-electron chi connectivity index (χ0n) is 44.3. The summed E-state index contributed by atoms with van der Waals surface area (Å²) >= 11 is 0. The van der Waals surface area contributed by atoms with Gasteiger partial charge in [-0.2, -0.15) is 0 Å². The Hall–Kier alpha value is -1.27. The van der Waals surface area contributed by atoms with Crippen molar-refractivity contribution in [3.63, 3.8) is 0 Å². The number of hydrogen-bond donors (Lipinski definition) is 7. The Kier molecular flexibility index (Phi) is 40.8. The van der Waals surface area contributed by atoms with Crippen molar-refractivity contribution in [2.24, 2.45) is 0 Å². The normalized spacial score (nSPS) is 25.5. The molecule has 14 nitrogen and oxygen atoms in total. The summed E-state index contributed by atoms with van der Waals surface area (Å²) in [6.45, 7) is 3.68. The van der Waals surface area contributed by atoms with Crippen LogP contribution in [-0.2, 0) is 33.2 Å². The lowest BCUT2D eigenvalue weighted by molar-refractivity contribution is -0.332. The third kappa shape index (κ3) is 30.8. The van der Waals surface area contributed by atoms with E-state index < -0.39 is 80.7 Å². The Bertz CT molecular complexity index is 1210. The second kappa shape index (κ2) is 44.1. The van der Waals surface area contributed by atoms with Crippen LogP contribution in [0.15, 0.2) is 12.2 Å². The first-order valence-corrected chi connectivity index (χ1v) is 28.8. The van der Waals surface area contributed by atoms with Crippen molar-refractivity contribution in [1.82, 2.24) is 0 Å². The molecule has 0 aromatic rings. The van der Waals surface area contributed by atoms with Crippen LogP contribution < -0.4 is 0 Å². The van der Waals surface area contributed by atoms with Crippen LogP contribution in [0.1, 0.15) is 239 Å². The van der Waals surface area contributed by atoms with E-state index in [0.717, 1.165) is 57.8 Å². The predicted molar refractivity (Wildman–Crippen MR) is 275 cm³/mol. The Morgan fingerprint density at radius 3 is 1.34 bits per heavy atom. The molecule has 2 fully saturated rings. The minimum absolute atomic E-state index is 0.0640. The van der Waals surface area contributed by atoms with E-state index in [1.165, 1.54) is 154 Å². The Labute approximate surface area is 425 Å². The molecule has 0 saturated carbocycles. The highest BCUT2D eigenvalue weighted by Crippen LogP contribution is 2.27. The standard InChI is InChI=1S/C56H106O14/c1-3-5-7-9-11-13-15-16-17-18-19-20-21-22-23-24-25-26-27-28-30-32-34-36-38-40-65-42-45(68-48(58)39-37-35-33-31-29-14-12-10-8-6-4-2)43-66-55-54(64)52(62)50(60)47(70-55)44-67-56-53(63)51(61)49(59)46(41-57)69-56/h10,12,45-47,49-57,59-64H,3-9,11,13-44H2,1-2H3/b12-10-. The van der Waals surface area contributed by atoms with Gasteiger partial charge in [0.15, 0.2) is 12.6 Å². The lowest BCUT2D eigenvalue weighted by atomic mass is 9.98. The van der Waals surface area contributed by atoms with Gasteiger partial charge in [0, 0.05) is 13.0 Å². The minimum Gasteiger partial charge on any atom is -0.457 e. The molecule has 0 bridgehead atoms. The van der Waals surface area contributed by atoms with Gasteiger partial charge in [-0.05, 0) is 32.1 Å². The molecule has 414 valence electrons. The molecule has 0 aliphatic carbocycles. The van der Waals surface area contributed by atoms with E-state index in [-0.39, 0.29) is 25.6 Å². The van der Waals surface area contributed by atoms with Gasteiger partial charge in [0.25, 0.3) is 0 Å². The van der Waals surface area contributed by atoms with Crippen LogP contribution in [0.3, 0.4) is 0 Å². The summed E-state index contributed by atoms with van der Waals surface area (Å²) in [5.74, 6) is -0.382. The molecule has 2 saturated heterocycles. The zero-order valence-corrected chi connectivity index (χ0v) is 44.3. The number of carbonyl (C=O) groups is 1. The number of allylic oxidation sites excluding steroid dienone is 2. The monoisotopic (exact) mass is 1000 g/mol. The lowest BCUT2D eigenvalue weighted by Gasteiger charge is -2.42. The van der Waals surface area contributed by atoms with Crippen LogP contribution in [-0.4, -0.2) is 142 Å². The molecule has 11 atom stereocenters. The quantitative estimate of drug-likeness (QED) is 0.0172. The second-order valence-electron chi connectivity index (χ2n) is 20.5. The highest BCUT2D eigenvalue weighted by molar-refractivity contribution is 5.69. The summed E-state index contributed by atoms with van der Waals surface area (Å²) in [6, 6.07) is 0. The first kappa shape index (κ1) is 64.8. The largest absolute Gasteiger partial charge is 0.457 e. The predicted octanol–water partition coefficient (Wildman–Crippen LogP) is 9.80. The summed E-state index contributed by atoms with van der Waals surface area (Å²) in [5, 5.41) is 72.2. The second-order valence-corrected chi connectivity index (χ2v) is 20.5. The number of carbonyl (C=O) groups excluding carboxylic acids is 1. The Morgan fingerprint density at radius 2 is 0.857 bits per heavy atom. The highest BCUT2D eigenvalue weighted by Gasteiger charge is 2.47. The Morgan fingerprint density at radius 1 is 0.457 bits per heavy atom. The van der Waals surface area contributed by atoms with E-state index in [1.807, 2.05) is 0 Å². The molecule has 0 spiro atoms. The molecule has 7 N–H and O–H groups in total.